The lowest BCUT2D eigenvalue weighted by atomic mass is 9.71. The van der Waals surface area contributed by atoms with Crippen molar-refractivity contribution in [3.63, 3.8) is 0 Å². The molecule has 0 radical (unpaired) electrons. The maximum atomic E-state index is 10.9. The number of primary amides is 1. The number of carbonyl (C=O) groups is 2. The van der Waals surface area contributed by atoms with Gasteiger partial charge in [-0.25, -0.2) is 0 Å². The second-order valence-corrected chi connectivity index (χ2v) is 4.03. The molecule has 3 N–H and O–H groups in total. The van der Waals surface area contributed by atoms with Gasteiger partial charge in [0.15, 0.2) is 0 Å². The predicted molar refractivity (Wildman–Crippen MR) is 55.7 cm³/mol. The third kappa shape index (κ3) is 3.77. The first-order valence-corrected chi connectivity index (χ1v) is 4.63. The third-order valence-corrected chi connectivity index (χ3v) is 2.86. The van der Waals surface area contributed by atoms with Crippen LogP contribution in [0.1, 0.15) is 34.6 Å². The number of hydrogen-bond donors (Lipinski definition) is 2. The van der Waals surface area contributed by atoms with Gasteiger partial charge in [-0.05, 0) is 18.8 Å². The fourth-order valence-electron chi connectivity index (χ4n) is 1.16. The molecule has 0 heterocycles. The lowest BCUT2D eigenvalue weighted by Gasteiger charge is -2.32. The SMILES string of the molecule is CC(C)C(C)(C(=O)O)C(C)C.NC=O. The minimum Gasteiger partial charge on any atom is -0.481 e. The molecule has 84 valence electrons. The molecule has 4 nitrogen and oxygen atoms in total. The zero-order valence-electron chi connectivity index (χ0n) is 9.57. The first kappa shape index (κ1) is 15.4. The van der Waals surface area contributed by atoms with Crippen LogP contribution in [-0.4, -0.2) is 17.5 Å². The first-order chi connectivity index (χ1) is 6.24. The molecule has 0 aliphatic heterocycles. The highest BCUT2D eigenvalue weighted by Gasteiger charge is 2.39. The van der Waals surface area contributed by atoms with Gasteiger partial charge in [-0.2, -0.15) is 0 Å². The average Bonchev–Trinajstić information content (AvgIpc) is 2.03. The van der Waals surface area contributed by atoms with Crippen molar-refractivity contribution in [3.05, 3.63) is 0 Å². The van der Waals surface area contributed by atoms with E-state index >= 15 is 0 Å². The van der Waals surface area contributed by atoms with Gasteiger partial charge in [0.05, 0.1) is 5.41 Å². The third-order valence-electron chi connectivity index (χ3n) is 2.86. The van der Waals surface area contributed by atoms with E-state index in [9.17, 15) is 4.79 Å². The fourth-order valence-corrected chi connectivity index (χ4v) is 1.16. The molecule has 0 bridgehead atoms. The number of nitrogens with two attached hydrogens (primary N) is 1. The Hall–Kier alpha value is -1.06. The van der Waals surface area contributed by atoms with Gasteiger partial charge in [-0.15, -0.1) is 0 Å². The van der Waals surface area contributed by atoms with Crippen molar-refractivity contribution in [1.29, 1.82) is 0 Å². The molecule has 0 aliphatic carbocycles. The van der Waals surface area contributed by atoms with Crippen LogP contribution < -0.4 is 5.73 Å². The standard InChI is InChI=1S/C9H18O2.CH3NO/c1-6(2)9(5,7(3)4)8(10)11;2-1-3/h6-7H,1-5H3,(H,10,11);1H,(H2,2,3). The van der Waals surface area contributed by atoms with Crippen LogP contribution in [0.25, 0.3) is 0 Å². The lowest BCUT2D eigenvalue weighted by molar-refractivity contribution is -0.153. The van der Waals surface area contributed by atoms with Crippen molar-refractivity contribution >= 4 is 12.4 Å². The van der Waals surface area contributed by atoms with Crippen LogP contribution in [-0.2, 0) is 9.59 Å². The van der Waals surface area contributed by atoms with E-state index in [1.807, 2.05) is 34.6 Å². The number of carbonyl (C=O) groups excluding carboxylic acids is 1. The Labute approximate surface area is 85.5 Å². The molecule has 0 aliphatic rings. The molecule has 1 amide bonds. The first-order valence-electron chi connectivity index (χ1n) is 4.63. The van der Waals surface area contributed by atoms with Crippen LogP contribution in [0.4, 0.5) is 0 Å². The summed E-state index contributed by atoms with van der Waals surface area (Å²) in [5, 5.41) is 8.97. The average molecular weight is 203 g/mol. The second-order valence-electron chi connectivity index (χ2n) is 4.03. The van der Waals surface area contributed by atoms with Gasteiger partial charge in [0.1, 0.15) is 0 Å². The number of carboxylic acids is 1. The number of carboxylic acid groups (broad SMARTS) is 1. The predicted octanol–water partition coefficient (Wildman–Crippen LogP) is 1.49. The normalized spacial score (nSPS) is 10.8. The minimum absolute atomic E-state index is 0.181. The molecule has 14 heavy (non-hydrogen) atoms. The summed E-state index contributed by atoms with van der Waals surface area (Å²) in [5.41, 5.74) is 3.58. The number of amides is 1. The van der Waals surface area contributed by atoms with Gasteiger partial charge in [0, 0.05) is 0 Å². The minimum atomic E-state index is -0.692. The van der Waals surface area contributed by atoms with E-state index in [0.717, 1.165) is 0 Å². The summed E-state index contributed by atoms with van der Waals surface area (Å²) < 4.78 is 0. The Morgan fingerprint density at radius 1 is 1.29 bits per heavy atom. The molecule has 0 aromatic carbocycles. The smallest absolute Gasteiger partial charge is 0.309 e. The van der Waals surface area contributed by atoms with Gasteiger partial charge in [-0.3, -0.25) is 9.59 Å². The van der Waals surface area contributed by atoms with Crippen molar-refractivity contribution in [1.82, 2.24) is 0 Å². The Morgan fingerprint density at radius 3 is 1.50 bits per heavy atom. The molecule has 0 fully saturated rings. The van der Waals surface area contributed by atoms with Crippen molar-refractivity contribution < 1.29 is 14.7 Å². The van der Waals surface area contributed by atoms with E-state index in [-0.39, 0.29) is 18.2 Å². The van der Waals surface area contributed by atoms with Crippen LogP contribution in [0.5, 0.6) is 0 Å². The maximum absolute atomic E-state index is 10.9. The Morgan fingerprint density at radius 2 is 1.50 bits per heavy atom. The molecule has 0 spiro atoms. The molecular formula is C10H21NO3. The van der Waals surface area contributed by atoms with Crippen molar-refractivity contribution in [3.8, 4) is 0 Å². The molecule has 0 saturated carbocycles. The molecule has 0 saturated heterocycles. The Kier molecular flexibility index (Phi) is 7.05. The molecule has 0 aromatic heterocycles. The monoisotopic (exact) mass is 203 g/mol. The van der Waals surface area contributed by atoms with Crippen molar-refractivity contribution in [2.75, 3.05) is 0 Å². The number of hydrogen-bond acceptors (Lipinski definition) is 2. The van der Waals surface area contributed by atoms with Crippen LogP contribution >= 0.6 is 0 Å². The zero-order valence-corrected chi connectivity index (χ0v) is 9.57. The summed E-state index contributed by atoms with van der Waals surface area (Å²) in [6, 6.07) is 0. The van der Waals surface area contributed by atoms with E-state index in [1.54, 1.807) is 0 Å². The fraction of sp³-hybridized carbons (Fsp3) is 0.800. The summed E-state index contributed by atoms with van der Waals surface area (Å²) in [6.45, 7) is 9.62. The van der Waals surface area contributed by atoms with Gasteiger partial charge < -0.3 is 10.8 Å². The highest BCUT2D eigenvalue weighted by molar-refractivity contribution is 5.74. The Bertz CT molecular complexity index is 180. The summed E-state index contributed by atoms with van der Waals surface area (Å²) in [7, 11) is 0. The van der Waals surface area contributed by atoms with Gasteiger partial charge in [0.25, 0.3) is 0 Å². The summed E-state index contributed by atoms with van der Waals surface area (Å²) in [5.74, 6) is -0.331. The topological polar surface area (TPSA) is 80.4 Å². The summed E-state index contributed by atoms with van der Waals surface area (Å²) in [4.78, 5) is 19.5. The quantitative estimate of drug-likeness (QED) is 0.682. The Balaban J connectivity index is 0. The number of aliphatic carboxylic acids is 1. The van der Waals surface area contributed by atoms with Gasteiger partial charge in [-0.1, -0.05) is 27.7 Å². The lowest BCUT2D eigenvalue weighted by Crippen LogP contribution is -2.38. The zero-order chi connectivity index (χ0) is 11.9. The van der Waals surface area contributed by atoms with E-state index in [0.29, 0.717) is 0 Å². The van der Waals surface area contributed by atoms with Crippen LogP contribution in [0.3, 0.4) is 0 Å². The molecule has 0 aromatic rings. The molecule has 0 unspecified atom stereocenters. The van der Waals surface area contributed by atoms with Crippen LogP contribution in [0.2, 0.25) is 0 Å². The molecular weight excluding hydrogens is 182 g/mol. The van der Waals surface area contributed by atoms with E-state index < -0.39 is 11.4 Å². The van der Waals surface area contributed by atoms with Gasteiger partial charge in [0.2, 0.25) is 6.41 Å². The maximum Gasteiger partial charge on any atom is 0.309 e. The summed E-state index contributed by atoms with van der Waals surface area (Å²) >= 11 is 0. The molecule has 4 heteroatoms. The van der Waals surface area contributed by atoms with E-state index in [4.69, 9.17) is 9.90 Å². The highest BCUT2D eigenvalue weighted by Crippen LogP contribution is 2.35. The molecule has 0 atom stereocenters. The van der Waals surface area contributed by atoms with Crippen LogP contribution in [0, 0.1) is 17.3 Å². The van der Waals surface area contributed by atoms with E-state index in [2.05, 4.69) is 5.73 Å². The number of rotatable bonds is 3. The van der Waals surface area contributed by atoms with Crippen molar-refractivity contribution in [2.24, 2.45) is 23.0 Å². The van der Waals surface area contributed by atoms with E-state index in [1.165, 1.54) is 0 Å². The van der Waals surface area contributed by atoms with Crippen molar-refractivity contribution in [2.45, 2.75) is 34.6 Å². The molecule has 0 rings (SSSR count). The second kappa shape index (κ2) is 6.40. The summed E-state index contributed by atoms with van der Waals surface area (Å²) in [6.07, 6.45) is 0.250. The van der Waals surface area contributed by atoms with Gasteiger partial charge >= 0.3 is 5.97 Å². The highest BCUT2D eigenvalue weighted by atomic mass is 16.4. The van der Waals surface area contributed by atoms with Crippen LogP contribution in [0.15, 0.2) is 0 Å². The largest absolute Gasteiger partial charge is 0.481 e.